The van der Waals surface area contributed by atoms with Crippen LogP contribution < -0.4 is 5.32 Å². The summed E-state index contributed by atoms with van der Waals surface area (Å²) in [6.45, 7) is 3.66. The Bertz CT molecular complexity index is 713. The molecule has 1 aliphatic rings. The highest BCUT2D eigenvalue weighted by molar-refractivity contribution is 9.10. The number of carbonyl (C=O) groups excluding carboxylic acids is 1. The van der Waals surface area contributed by atoms with Crippen molar-refractivity contribution in [1.29, 1.82) is 0 Å². The zero-order chi connectivity index (χ0) is 16.2. The molecule has 0 spiro atoms. The number of hydrogen-bond donors (Lipinski definition) is 1. The van der Waals surface area contributed by atoms with Gasteiger partial charge in [-0.25, -0.2) is 9.97 Å². The van der Waals surface area contributed by atoms with E-state index in [1.165, 1.54) is 12.7 Å². The van der Waals surface area contributed by atoms with Crippen LogP contribution in [0.25, 0.3) is 0 Å². The lowest BCUT2D eigenvalue weighted by atomic mass is 10.1. The fraction of sp³-hybridized carbons (Fsp3) is 0.353. The van der Waals surface area contributed by atoms with E-state index in [9.17, 15) is 4.79 Å². The summed E-state index contributed by atoms with van der Waals surface area (Å²) in [5.74, 6) is 0.619. The zero-order valence-electron chi connectivity index (χ0n) is 13.1. The van der Waals surface area contributed by atoms with Crippen LogP contribution in [0.15, 0.2) is 35.1 Å². The Balaban J connectivity index is 1.78. The van der Waals surface area contributed by atoms with Gasteiger partial charge in [0.1, 0.15) is 17.8 Å². The highest BCUT2D eigenvalue weighted by atomic mass is 79.9. The zero-order valence-corrected chi connectivity index (χ0v) is 14.6. The summed E-state index contributed by atoms with van der Waals surface area (Å²) in [5, 5.41) is 3.25. The monoisotopic (exact) mass is 374 g/mol. The second-order valence-corrected chi connectivity index (χ2v) is 6.64. The third-order valence-corrected chi connectivity index (χ3v) is 4.47. The molecular weight excluding hydrogens is 356 g/mol. The second kappa shape index (κ2) is 7.08. The quantitative estimate of drug-likeness (QED) is 0.884. The smallest absolute Gasteiger partial charge is 0.272 e. The van der Waals surface area contributed by atoms with Gasteiger partial charge in [0.15, 0.2) is 0 Å². The van der Waals surface area contributed by atoms with Gasteiger partial charge in [-0.05, 0) is 49.9 Å². The molecule has 5 nitrogen and oxygen atoms in total. The van der Waals surface area contributed by atoms with Crippen LogP contribution in [-0.2, 0) is 0 Å². The van der Waals surface area contributed by atoms with E-state index in [1.807, 2.05) is 30.0 Å². The van der Waals surface area contributed by atoms with Crippen molar-refractivity contribution in [3.63, 3.8) is 0 Å². The van der Waals surface area contributed by atoms with E-state index in [1.54, 1.807) is 6.07 Å². The van der Waals surface area contributed by atoms with Gasteiger partial charge >= 0.3 is 0 Å². The van der Waals surface area contributed by atoms with Crippen LogP contribution >= 0.6 is 15.9 Å². The van der Waals surface area contributed by atoms with Gasteiger partial charge in [-0.1, -0.05) is 15.9 Å². The van der Waals surface area contributed by atoms with E-state index in [2.05, 4.69) is 31.2 Å². The number of aryl methyl sites for hydroxylation is 1. The van der Waals surface area contributed by atoms with Gasteiger partial charge in [-0.3, -0.25) is 4.79 Å². The summed E-state index contributed by atoms with van der Waals surface area (Å²) in [4.78, 5) is 22.8. The summed E-state index contributed by atoms with van der Waals surface area (Å²) >= 11 is 3.45. The molecule has 1 N–H and O–H groups in total. The van der Waals surface area contributed by atoms with Crippen molar-refractivity contribution >= 4 is 33.3 Å². The maximum absolute atomic E-state index is 12.5. The van der Waals surface area contributed by atoms with Crippen LogP contribution in [0.2, 0.25) is 0 Å². The number of amides is 1. The summed E-state index contributed by atoms with van der Waals surface area (Å²) in [6.07, 6.45) is 4.77. The highest BCUT2D eigenvalue weighted by Crippen LogP contribution is 2.23. The largest absolute Gasteiger partial charge is 0.340 e. The topological polar surface area (TPSA) is 58.1 Å². The molecule has 1 saturated heterocycles. The van der Waals surface area contributed by atoms with Gasteiger partial charge in [0.2, 0.25) is 0 Å². The van der Waals surface area contributed by atoms with E-state index in [0.717, 1.165) is 41.7 Å². The van der Waals surface area contributed by atoms with Gasteiger partial charge in [0, 0.05) is 29.3 Å². The van der Waals surface area contributed by atoms with Crippen molar-refractivity contribution in [3.8, 4) is 0 Å². The number of hydrogen-bond acceptors (Lipinski definition) is 4. The van der Waals surface area contributed by atoms with Crippen LogP contribution in [0.3, 0.4) is 0 Å². The molecule has 0 saturated carbocycles. The molecule has 1 fully saturated rings. The Labute approximate surface area is 144 Å². The Morgan fingerprint density at radius 3 is 2.70 bits per heavy atom. The lowest BCUT2D eigenvalue weighted by Gasteiger charge is -2.26. The molecule has 1 amide bonds. The minimum atomic E-state index is -0.0114. The van der Waals surface area contributed by atoms with Crippen LogP contribution in [0.5, 0.6) is 0 Å². The number of aromatic nitrogens is 2. The van der Waals surface area contributed by atoms with Gasteiger partial charge in [-0.2, -0.15) is 0 Å². The van der Waals surface area contributed by atoms with E-state index in [-0.39, 0.29) is 5.91 Å². The molecule has 0 unspecified atom stereocenters. The summed E-state index contributed by atoms with van der Waals surface area (Å²) in [7, 11) is 0. The van der Waals surface area contributed by atoms with E-state index >= 15 is 0 Å². The Morgan fingerprint density at radius 1 is 1.17 bits per heavy atom. The molecule has 0 bridgehead atoms. The first-order chi connectivity index (χ1) is 11.1. The molecule has 0 atom stereocenters. The van der Waals surface area contributed by atoms with E-state index in [0.29, 0.717) is 11.5 Å². The van der Waals surface area contributed by atoms with Crippen LogP contribution in [0, 0.1) is 6.92 Å². The number of benzene rings is 1. The number of likely N-dealkylation sites (tertiary alicyclic amines) is 1. The molecular formula is C17H19BrN4O. The maximum Gasteiger partial charge on any atom is 0.272 e. The highest BCUT2D eigenvalue weighted by Gasteiger charge is 2.19. The minimum Gasteiger partial charge on any atom is -0.340 e. The average molecular weight is 375 g/mol. The van der Waals surface area contributed by atoms with E-state index in [4.69, 9.17) is 0 Å². The molecule has 23 heavy (non-hydrogen) atoms. The lowest BCUT2D eigenvalue weighted by molar-refractivity contribution is 0.0718. The second-order valence-electron chi connectivity index (χ2n) is 5.73. The van der Waals surface area contributed by atoms with Crippen LogP contribution in [0.1, 0.15) is 35.3 Å². The Hall–Kier alpha value is -1.95. The molecule has 2 aromatic rings. The van der Waals surface area contributed by atoms with Gasteiger partial charge in [0.05, 0.1) is 0 Å². The normalized spacial score (nSPS) is 14.6. The summed E-state index contributed by atoms with van der Waals surface area (Å²) < 4.78 is 1.03. The predicted octanol–water partition coefficient (Wildman–Crippen LogP) is 3.92. The number of nitrogens with one attached hydrogen (secondary N) is 1. The third-order valence-electron chi connectivity index (χ3n) is 3.98. The lowest BCUT2D eigenvalue weighted by Crippen LogP contribution is -2.36. The molecule has 120 valence electrons. The van der Waals surface area contributed by atoms with Crippen molar-refractivity contribution in [2.24, 2.45) is 0 Å². The summed E-state index contributed by atoms with van der Waals surface area (Å²) in [5.41, 5.74) is 2.50. The number of halogens is 1. The van der Waals surface area contributed by atoms with Crippen molar-refractivity contribution in [1.82, 2.24) is 14.9 Å². The molecule has 1 aromatic carbocycles. The molecule has 1 aliphatic heterocycles. The first kappa shape index (κ1) is 15.9. The molecule has 6 heteroatoms. The van der Waals surface area contributed by atoms with Crippen molar-refractivity contribution in [2.75, 3.05) is 18.4 Å². The Morgan fingerprint density at radius 2 is 1.96 bits per heavy atom. The number of nitrogens with zero attached hydrogens (tertiary/aromatic N) is 3. The maximum atomic E-state index is 12.5. The van der Waals surface area contributed by atoms with Crippen molar-refractivity contribution in [3.05, 3.63) is 46.3 Å². The SMILES string of the molecule is Cc1cc(Br)ccc1Nc1cc(C(=O)N2CCCCC2)ncn1. The molecule has 0 aliphatic carbocycles. The summed E-state index contributed by atoms with van der Waals surface area (Å²) in [6, 6.07) is 7.70. The van der Waals surface area contributed by atoms with Gasteiger partial charge in [0.25, 0.3) is 5.91 Å². The molecule has 2 heterocycles. The number of anilines is 2. The fourth-order valence-corrected chi connectivity index (χ4v) is 3.18. The van der Waals surface area contributed by atoms with Gasteiger partial charge < -0.3 is 10.2 Å². The first-order valence-corrected chi connectivity index (χ1v) is 8.57. The number of piperidine rings is 1. The average Bonchev–Trinajstić information content (AvgIpc) is 2.58. The minimum absolute atomic E-state index is 0.0114. The molecule has 1 aromatic heterocycles. The molecule has 0 radical (unpaired) electrons. The van der Waals surface area contributed by atoms with E-state index < -0.39 is 0 Å². The van der Waals surface area contributed by atoms with Crippen LogP contribution in [0.4, 0.5) is 11.5 Å². The first-order valence-electron chi connectivity index (χ1n) is 7.78. The van der Waals surface area contributed by atoms with Crippen molar-refractivity contribution in [2.45, 2.75) is 26.2 Å². The van der Waals surface area contributed by atoms with Crippen molar-refractivity contribution < 1.29 is 4.79 Å². The fourth-order valence-electron chi connectivity index (χ4n) is 2.71. The van der Waals surface area contributed by atoms with Crippen LogP contribution in [-0.4, -0.2) is 33.9 Å². The predicted molar refractivity (Wildman–Crippen MR) is 93.9 cm³/mol. The molecule has 3 rings (SSSR count). The number of carbonyl (C=O) groups is 1. The Kier molecular flexibility index (Phi) is 4.91. The number of rotatable bonds is 3. The van der Waals surface area contributed by atoms with Gasteiger partial charge in [-0.15, -0.1) is 0 Å². The third kappa shape index (κ3) is 3.88. The standard InChI is InChI=1S/C17H19BrN4O/c1-12-9-13(18)5-6-14(12)21-16-10-15(19-11-20-16)17(23)22-7-3-2-4-8-22/h5-6,9-11H,2-4,7-8H2,1H3,(H,19,20,21).